The van der Waals surface area contributed by atoms with E-state index in [-0.39, 0.29) is 30.0 Å². The number of nitrogens with zero attached hydrogens (tertiary/aromatic N) is 2. The Labute approximate surface area is 176 Å². The Morgan fingerprint density at radius 1 is 1.17 bits per heavy atom. The van der Waals surface area contributed by atoms with Crippen LogP contribution in [0.15, 0.2) is 60.7 Å². The molecule has 2 aliphatic heterocycles. The largest absolute Gasteiger partial charge is 0.481 e. The van der Waals surface area contributed by atoms with Gasteiger partial charge in [0.15, 0.2) is 0 Å². The summed E-state index contributed by atoms with van der Waals surface area (Å²) in [7, 11) is 1.57. The summed E-state index contributed by atoms with van der Waals surface area (Å²) in [4.78, 5) is 20.3. The normalized spacial score (nSPS) is 25.1. The minimum Gasteiger partial charge on any atom is -0.481 e. The lowest BCUT2D eigenvalue weighted by Crippen LogP contribution is -2.44. The third kappa shape index (κ3) is 2.96. The molecule has 2 bridgehead atoms. The maximum absolute atomic E-state index is 13.8. The molecule has 3 atom stereocenters. The average Bonchev–Trinajstić information content (AvgIpc) is 3.34. The van der Waals surface area contributed by atoms with Gasteiger partial charge in [-0.05, 0) is 37.3 Å². The molecule has 3 heterocycles. The van der Waals surface area contributed by atoms with E-state index in [9.17, 15) is 9.90 Å². The average molecular weight is 402 g/mol. The number of benzene rings is 2. The molecule has 5 rings (SSSR count). The molecule has 30 heavy (non-hydrogen) atoms. The lowest BCUT2D eigenvalue weighted by Gasteiger charge is -2.36. The van der Waals surface area contributed by atoms with Crippen LogP contribution in [0, 0.1) is 5.41 Å². The van der Waals surface area contributed by atoms with Gasteiger partial charge in [-0.1, -0.05) is 48.5 Å². The van der Waals surface area contributed by atoms with E-state index in [4.69, 9.17) is 4.74 Å². The molecule has 0 saturated carbocycles. The van der Waals surface area contributed by atoms with Crippen molar-refractivity contribution in [3.8, 4) is 5.88 Å². The molecule has 1 amide bonds. The van der Waals surface area contributed by atoms with Crippen LogP contribution in [-0.4, -0.2) is 46.7 Å². The van der Waals surface area contributed by atoms with Gasteiger partial charge in [0, 0.05) is 29.0 Å². The van der Waals surface area contributed by atoms with Gasteiger partial charge >= 0.3 is 0 Å². The third-order valence-corrected chi connectivity index (χ3v) is 6.93. The van der Waals surface area contributed by atoms with Gasteiger partial charge in [0.2, 0.25) is 5.88 Å². The lowest BCUT2D eigenvalue weighted by molar-refractivity contribution is 0.0572. The first kappa shape index (κ1) is 19.1. The molecule has 0 unspecified atom stereocenters. The summed E-state index contributed by atoms with van der Waals surface area (Å²) in [6, 6.07) is 19.9. The zero-order valence-corrected chi connectivity index (χ0v) is 17.1. The molecule has 0 spiro atoms. The number of aliphatic hydroxyl groups excluding tert-OH is 1. The van der Waals surface area contributed by atoms with Gasteiger partial charge in [0.05, 0.1) is 24.8 Å². The molecule has 2 saturated heterocycles. The van der Waals surface area contributed by atoms with Crippen molar-refractivity contribution in [3.63, 3.8) is 0 Å². The summed E-state index contributed by atoms with van der Waals surface area (Å²) in [5.74, 6) is 0.462. The molecule has 0 radical (unpaired) electrons. The zero-order valence-electron chi connectivity index (χ0n) is 17.1. The summed E-state index contributed by atoms with van der Waals surface area (Å²) in [6.07, 6.45) is 3.56. The third-order valence-electron chi connectivity index (χ3n) is 6.93. The summed E-state index contributed by atoms with van der Waals surface area (Å²) < 4.78 is 5.36. The van der Waals surface area contributed by atoms with Crippen LogP contribution in [-0.2, 0) is 6.42 Å². The second-order valence-corrected chi connectivity index (χ2v) is 8.58. The number of ether oxygens (including phenoxy) is 1. The minimum absolute atomic E-state index is 0.0165. The highest BCUT2D eigenvalue weighted by atomic mass is 16.5. The molecular weight excluding hydrogens is 376 g/mol. The van der Waals surface area contributed by atoms with E-state index in [0.717, 1.165) is 36.6 Å². The van der Waals surface area contributed by atoms with Crippen LogP contribution in [0.4, 0.5) is 0 Å². The van der Waals surface area contributed by atoms with E-state index >= 15 is 0 Å². The fourth-order valence-corrected chi connectivity index (χ4v) is 5.59. The first-order valence-corrected chi connectivity index (χ1v) is 10.6. The van der Waals surface area contributed by atoms with Crippen molar-refractivity contribution in [2.45, 2.75) is 37.8 Å². The summed E-state index contributed by atoms with van der Waals surface area (Å²) in [6.45, 7) is 0.0905. The molecule has 2 fully saturated rings. The van der Waals surface area contributed by atoms with E-state index in [0.29, 0.717) is 11.4 Å². The maximum Gasteiger partial charge on any atom is 0.255 e. The van der Waals surface area contributed by atoms with E-state index < -0.39 is 0 Å². The van der Waals surface area contributed by atoms with Crippen LogP contribution in [0.25, 0.3) is 10.9 Å². The number of amides is 1. The van der Waals surface area contributed by atoms with Crippen LogP contribution in [0.5, 0.6) is 5.88 Å². The Morgan fingerprint density at radius 3 is 2.70 bits per heavy atom. The molecule has 0 aliphatic carbocycles. The van der Waals surface area contributed by atoms with E-state index in [1.807, 2.05) is 47.4 Å². The summed E-state index contributed by atoms with van der Waals surface area (Å²) >= 11 is 0. The Balaban J connectivity index is 1.52. The lowest BCUT2D eigenvalue weighted by atomic mass is 9.70. The van der Waals surface area contributed by atoms with Crippen molar-refractivity contribution < 1.29 is 14.6 Å². The molecule has 3 aromatic rings. The van der Waals surface area contributed by atoms with Crippen LogP contribution < -0.4 is 4.74 Å². The maximum atomic E-state index is 13.8. The monoisotopic (exact) mass is 402 g/mol. The van der Waals surface area contributed by atoms with Crippen molar-refractivity contribution in [3.05, 3.63) is 71.8 Å². The number of aromatic nitrogens is 1. The number of rotatable bonds is 5. The van der Waals surface area contributed by atoms with E-state index in [2.05, 4.69) is 17.1 Å². The Hall–Kier alpha value is -2.92. The highest BCUT2D eigenvalue weighted by molar-refractivity contribution is 6.07. The number of hydrogen-bond donors (Lipinski definition) is 1. The van der Waals surface area contributed by atoms with E-state index in [1.165, 1.54) is 5.56 Å². The molecule has 2 aromatic carbocycles. The van der Waals surface area contributed by atoms with Crippen LogP contribution >= 0.6 is 0 Å². The number of aliphatic hydroxyl groups is 1. The van der Waals surface area contributed by atoms with Gasteiger partial charge in [-0.3, -0.25) is 4.79 Å². The van der Waals surface area contributed by atoms with Gasteiger partial charge < -0.3 is 14.7 Å². The number of hydrogen-bond acceptors (Lipinski definition) is 4. The predicted octanol–water partition coefficient (Wildman–Crippen LogP) is 3.84. The standard InChI is InChI=1S/C25H26N2O3/c1-30-23-13-20(19-9-5-6-10-21(19)26-23)24(29)27-18-11-12-22(27)25(15-18,16-28)14-17-7-3-2-4-8-17/h2-10,13,18,22,28H,11-12,14-16H2,1H3/t18-,22+,25-/m0/s1. The first-order valence-electron chi connectivity index (χ1n) is 10.6. The van der Waals surface area contributed by atoms with Gasteiger partial charge in [-0.2, -0.15) is 0 Å². The van der Waals surface area contributed by atoms with Crippen LogP contribution in [0.3, 0.4) is 0 Å². The Morgan fingerprint density at radius 2 is 1.93 bits per heavy atom. The number of pyridine rings is 1. The number of carbonyl (C=O) groups excluding carboxylic acids is 1. The van der Waals surface area contributed by atoms with Crippen molar-refractivity contribution in [1.82, 2.24) is 9.88 Å². The number of para-hydroxylation sites is 1. The Bertz CT molecular complexity index is 1080. The van der Waals surface area contributed by atoms with E-state index in [1.54, 1.807) is 13.2 Å². The fourth-order valence-electron chi connectivity index (χ4n) is 5.59. The topological polar surface area (TPSA) is 62.7 Å². The van der Waals surface area contributed by atoms with Crippen LogP contribution in [0.2, 0.25) is 0 Å². The van der Waals surface area contributed by atoms with Gasteiger partial charge in [0.1, 0.15) is 0 Å². The second kappa shape index (κ2) is 7.40. The molecule has 5 nitrogen and oxygen atoms in total. The summed E-state index contributed by atoms with van der Waals surface area (Å²) in [5, 5.41) is 11.3. The van der Waals surface area contributed by atoms with Crippen molar-refractivity contribution in [1.29, 1.82) is 0 Å². The predicted molar refractivity (Wildman–Crippen MR) is 116 cm³/mol. The second-order valence-electron chi connectivity index (χ2n) is 8.58. The quantitative estimate of drug-likeness (QED) is 0.704. The minimum atomic E-state index is -0.285. The molecule has 5 heteroatoms. The molecular formula is C25H26N2O3. The number of fused-ring (bicyclic) bond motifs is 3. The smallest absolute Gasteiger partial charge is 0.255 e. The molecule has 2 aliphatic rings. The van der Waals surface area contributed by atoms with Crippen molar-refractivity contribution >= 4 is 16.8 Å². The number of carbonyl (C=O) groups is 1. The highest BCUT2D eigenvalue weighted by Gasteiger charge is 2.57. The molecule has 154 valence electrons. The molecule has 1 aromatic heterocycles. The van der Waals surface area contributed by atoms with Crippen LogP contribution in [0.1, 0.15) is 35.2 Å². The number of methoxy groups -OCH3 is 1. The van der Waals surface area contributed by atoms with Crippen molar-refractivity contribution in [2.75, 3.05) is 13.7 Å². The SMILES string of the molecule is COc1cc(C(=O)N2[C@H]3CC[C@@H]2[C@@](CO)(Cc2ccccc2)C3)c2ccccc2n1. The van der Waals surface area contributed by atoms with Crippen molar-refractivity contribution in [2.24, 2.45) is 5.41 Å². The summed E-state index contributed by atoms with van der Waals surface area (Å²) in [5.41, 5.74) is 2.31. The van der Waals surface area contributed by atoms with Gasteiger partial charge in [0.25, 0.3) is 5.91 Å². The zero-order chi connectivity index (χ0) is 20.7. The fraction of sp³-hybridized carbons (Fsp3) is 0.360. The highest BCUT2D eigenvalue weighted by Crippen LogP contribution is 2.52. The van der Waals surface area contributed by atoms with Gasteiger partial charge in [-0.15, -0.1) is 0 Å². The van der Waals surface area contributed by atoms with Gasteiger partial charge in [-0.25, -0.2) is 4.98 Å². The first-order chi connectivity index (χ1) is 14.6. The Kier molecular flexibility index (Phi) is 4.70. The molecule has 1 N–H and O–H groups in total.